The van der Waals surface area contributed by atoms with Crippen LogP contribution in [0.1, 0.15) is 94.0 Å². The zero-order valence-electron chi connectivity index (χ0n) is 26.2. The van der Waals surface area contributed by atoms with Gasteiger partial charge < -0.3 is 24.2 Å². The van der Waals surface area contributed by atoms with Gasteiger partial charge in [-0.1, -0.05) is 57.4 Å². The fourth-order valence-electron chi connectivity index (χ4n) is 6.85. The van der Waals surface area contributed by atoms with Crippen molar-refractivity contribution in [2.24, 2.45) is 11.8 Å². The number of aromatic nitrogens is 1. The van der Waals surface area contributed by atoms with E-state index in [0.717, 1.165) is 36.5 Å². The van der Waals surface area contributed by atoms with Crippen LogP contribution in [0.4, 0.5) is 13.2 Å². The van der Waals surface area contributed by atoms with Crippen LogP contribution in [0.5, 0.6) is 5.88 Å². The lowest BCUT2D eigenvalue weighted by Crippen LogP contribution is -2.52. The number of ether oxygens (including phenoxy) is 3. The topological polar surface area (TPSA) is 98.2 Å². The molecule has 8 nitrogen and oxygen atoms in total. The van der Waals surface area contributed by atoms with Gasteiger partial charge in [-0.25, -0.2) is 9.78 Å². The van der Waals surface area contributed by atoms with Crippen LogP contribution >= 0.6 is 0 Å². The number of hydrogen-bond donors (Lipinski definition) is 1. The molecule has 1 aliphatic carbocycles. The third-order valence-corrected chi connectivity index (χ3v) is 9.21. The van der Waals surface area contributed by atoms with Gasteiger partial charge in [-0.05, 0) is 49.8 Å². The van der Waals surface area contributed by atoms with Gasteiger partial charge >= 0.3 is 12.1 Å². The lowest BCUT2D eigenvalue weighted by molar-refractivity contribution is -0.157. The van der Waals surface area contributed by atoms with Crippen LogP contribution in [0.3, 0.4) is 0 Å². The largest absolute Gasteiger partial charge is 0.481 e. The molecule has 0 spiro atoms. The Bertz CT molecular complexity index is 1320. The van der Waals surface area contributed by atoms with Gasteiger partial charge in [0.2, 0.25) is 11.8 Å². The monoisotopic (exact) mass is 620 g/mol. The number of likely N-dealkylation sites (tertiary alicyclic amines) is 1. The molecule has 0 bridgehead atoms. The van der Waals surface area contributed by atoms with E-state index in [2.05, 4.69) is 4.98 Å². The van der Waals surface area contributed by atoms with E-state index < -0.39 is 47.4 Å². The number of carbonyl (C=O) groups excluding carboxylic acids is 1. The van der Waals surface area contributed by atoms with Gasteiger partial charge in [0, 0.05) is 30.7 Å². The first-order valence-electron chi connectivity index (χ1n) is 15.1. The molecule has 1 saturated heterocycles. The van der Waals surface area contributed by atoms with Crippen molar-refractivity contribution in [1.82, 2.24) is 9.88 Å². The molecule has 11 heteroatoms. The van der Waals surface area contributed by atoms with Crippen molar-refractivity contribution >= 4 is 11.9 Å². The van der Waals surface area contributed by atoms with E-state index in [4.69, 9.17) is 14.2 Å². The summed E-state index contributed by atoms with van der Waals surface area (Å²) in [5, 5.41) is 10.8. The highest BCUT2D eigenvalue weighted by molar-refractivity contribution is 5.87. The minimum Gasteiger partial charge on any atom is -0.481 e. The normalized spacial score (nSPS) is 23.3. The highest BCUT2D eigenvalue weighted by atomic mass is 19.4. The third-order valence-electron chi connectivity index (χ3n) is 9.21. The molecule has 0 unspecified atom stereocenters. The summed E-state index contributed by atoms with van der Waals surface area (Å²) in [6, 6.07) is 6.33. The second kappa shape index (κ2) is 13.4. The second-order valence-corrected chi connectivity index (χ2v) is 12.6. The number of nitrogens with zero attached hydrogens (tertiary/aromatic N) is 2. The molecule has 2 aromatic rings. The Morgan fingerprint density at radius 1 is 1.09 bits per heavy atom. The number of carboxylic acids is 1. The Morgan fingerprint density at radius 3 is 2.32 bits per heavy atom. The predicted octanol–water partition coefficient (Wildman–Crippen LogP) is 6.78. The number of rotatable bonds is 10. The van der Waals surface area contributed by atoms with Crippen LogP contribution in [0, 0.1) is 11.8 Å². The zero-order valence-corrected chi connectivity index (χ0v) is 26.2. The van der Waals surface area contributed by atoms with Gasteiger partial charge in [0.05, 0.1) is 37.0 Å². The van der Waals surface area contributed by atoms with Crippen molar-refractivity contribution < 1.29 is 42.1 Å². The fourth-order valence-corrected chi connectivity index (χ4v) is 6.85. The summed E-state index contributed by atoms with van der Waals surface area (Å²) >= 11 is 0. The highest BCUT2D eigenvalue weighted by Gasteiger charge is 2.61. The van der Waals surface area contributed by atoms with Crippen LogP contribution in [0.15, 0.2) is 36.5 Å². The maximum Gasteiger partial charge on any atom is 0.417 e. The van der Waals surface area contributed by atoms with Crippen LogP contribution in [0.25, 0.3) is 0 Å². The molecule has 2 aliphatic rings. The number of methoxy groups -OCH3 is 2. The number of hydrogen-bond acceptors (Lipinski definition) is 6. The Hall–Kier alpha value is -3.18. The average molecular weight is 621 g/mol. The molecule has 4 atom stereocenters. The molecule has 1 aliphatic heterocycles. The summed E-state index contributed by atoms with van der Waals surface area (Å²) in [7, 11) is 2.77. The second-order valence-electron chi connectivity index (χ2n) is 12.6. The van der Waals surface area contributed by atoms with E-state index in [0.29, 0.717) is 19.0 Å². The number of amides is 1. The van der Waals surface area contributed by atoms with Crippen molar-refractivity contribution in [3.63, 3.8) is 0 Å². The van der Waals surface area contributed by atoms with Gasteiger partial charge in [-0.2, -0.15) is 13.2 Å². The average Bonchev–Trinajstić information content (AvgIpc) is 3.35. The predicted molar refractivity (Wildman–Crippen MR) is 157 cm³/mol. The Morgan fingerprint density at radius 2 is 1.75 bits per heavy atom. The van der Waals surface area contributed by atoms with Gasteiger partial charge in [-0.15, -0.1) is 0 Å². The van der Waals surface area contributed by atoms with Gasteiger partial charge in [0.1, 0.15) is 6.04 Å². The van der Waals surface area contributed by atoms with Crippen molar-refractivity contribution in [3.05, 3.63) is 58.8 Å². The molecule has 1 aromatic carbocycles. The van der Waals surface area contributed by atoms with Crippen LogP contribution < -0.4 is 4.74 Å². The first-order chi connectivity index (χ1) is 20.7. The molecule has 1 N–H and O–H groups in total. The molecular weight excluding hydrogens is 577 g/mol. The standard InChI is InChI=1S/C33H43F3N2O6/c1-19(2)23-14-10-11-15-24(23)26-28(44-18-21-16-22(33(34,35)36)17-37-29(21)42-5)25(32(3,4)43-6)27(31(40)41)38(26)30(39)20-12-8-7-9-13-20/h10-11,14-17,19-20,25-28H,7-9,12-13,18H2,1-6H3,(H,40,41)/t25-,26+,27+,28+/m1/s1. The smallest absolute Gasteiger partial charge is 0.417 e. The molecule has 242 valence electrons. The van der Waals surface area contributed by atoms with E-state index in [1.165, 1.54) is 19.1 Å². The van der Waals surface area contributed by atoms with E-state index in [1.54, 1.807) is 13.8 Å². The fraction of sp³-hybridized carbons (Fsp3) is 0.606. The molecule has 44 heavy (non-hydrogen) atoms. The van der Waals surface area contributed by atoms with Crippen molar-refractivity contribution in [3.8, 4) is 5.88 Å². The summed E-state index contributed by atoms with van der Waals surface area (Å²) in [5.41, 5.74) is -0.346. The van der Waals surface area contributed by atoms with Gasteiger partial charge in [0.15, 0.2) is 0 Å². The molecule has 0 radical (unpaired) electrons. The summed E-state index contributed by atoms with van der Waals surface area (Å²) < 4.78 is 58.5. The Balaban J connectivity index is 1.91. The first kappa shape index (κ1) is 33.7. The Labute approximate surface area is 256 Å². The maximum absolute atomic E-state index is 14.4. The first-order valence-corrected chi connectivity index (χ1v) is 15.1. The van der Waals surface area contributed by atoms with Crippen molar-refractivity contribution in [2.75, 3.05) is 14.2 Å². The summed E-state index contributed by atoms with van der Waals surface area (Å²) in [6.07, 6.45) is -0.801. The lowest BCUT2D eigenvalue weighted by Gasteiger charge is -2.37. The number of carbonyl (C=O) groups is 2. The van der Waals surface area contributed by atoms with Crippen molar-refractivity contribution in [1.29, 1.82) is 0 Å². The van der Waals surface area contributed by atoms with Gasteiger partial charge in [0.25, 0.3) is 0 Å². The number of alkyl halides is 3. The number of benzene rings is 1. The Kier molecular flexibility index (Phi) is 10.3. The van der Waals surface area contributed by atoms with Crippen LogP contribution in [-0.2, 0) is 31.8 Å². The highest BCUT2D eigenvalue weighted by Crippen LogP contribution is 2.50. The van der Waals surface area contributed by atoms with E-state index in [-0.39, 0.29) is 35.8 Å². The molecule has 1 amide bonds. The molecule has 1 aromatic heterocycles. The SMILES string of the molecule is COc1ncc(C(F)(F)F)cc1CO[C@H]1[C@H](C(C)(C)OC)[C@@H](C(=O)O)N(C(=O)C2CCCCC2)[C@H]1c1ccccc1C(C)C. The van der Waals surface area contributed by atoms with E-state index >= 15 is 0 Å². The maximum atomic E-state index is 14.4. The summed E-state index contributed by atoms with van der Waals surface area (Å²) in [6.45, 7) is 7.16. The number of pyridine rings is 1. The molecule has 1 saturated carbocycles. The van der Waals surface area contributed by atoms with Crippen molar-refractivity contribution in [2.45, 2.75) is 102 Å². The minimum atomic E-state index is -4.64. The quantitative estimate of drug-likeness (QED) is 0.313. The lowest BCUT2D eigenvalue weighted by atomic mass is 9.79. The number of carboxylic acid groups (broad SMARTS) is 1. The molecule has 2 fully saturated rings. The molecular formula is C33H43F3N2O6. The third kappa shape index (κ3) is 6.73. The summed E-state index contributed by atoms with van der Waals surface area (Å²) in [4.78, 5) is 32.9. The minimum absolute atomic E-state index is 0.0315. The van der Waals surface area contributed by atoms with Crippen LogP contribution in [0.2, 0.25) is 0 Å². The van der Waals surface area contributed by atoms with Gasteiger partial charge in [-0.3, -0.25) is 4.79 Å². The molecule has 2 heterocycles. The molecule has 4 rings (SSSR count). The van der Waals surface area contributed by atoms with E-state index in [1.807, 2.05) is 38.1 Å². The number of aliphatic carboxylic acids is 1. The number of halogens is 3. The zero-order chi connectivity index (χ0) is 32.4. The van der Waals surface area contributed by atoms with Crippen LogP contribution in [-0.4, -0.2) is 58.8 Å². The summed E-state index contributed by atoms with van der Waals surface area (Å²) in [5.74, 6) is -2.67. The van der Waals surface area contributed by atoms with E-state index in [9.17, 15) is 27.9 Å².